The smallest absolute Gasteiger partial charge is 0.497 e. The molecule has 0 saturated heterocycles. The third-order valence-electron chi connectivity index (χ3n) is 1.79. The number of ether oxygens (including phenoxy) is 2. The molecule has 1 aromatic rings. The Balaban J connectivity index is 2.64. The maximum atomic E-state index is 10.8. The first-order valence-electron chi connectivity index (χ1n) is 4.89. The topological polar surface area (TPSA) is 57.1 Å². The third-order valence-corrected chi connectivity index (χ3v) is 2.08. The van der Waals surface area contributed by atoms with Gasteiger partial charge < -0.3 is 9.47 Å². The highest BCUT2D eigenvalue weighted by molar-refractivity contribution is 6.69. The minimum Gasteiger partial charge on any atom is -0.497 e. The molecule has 0 heterocycles. The van der Waals surface area contributed by atoms with Gasteiger partial charge in [0.05, 0.1) is 13.7 Å². The molecule has 17 heavy (non-hydrogen) atoms. The number of methoxy groups -OCH3 is 1. The van der Waals surface area contributed by atoms with Gasteiger partial charge in [-0.25, -0.2) is 4.79 Å². The van der Waals surface area contributed by atoms with E-state index in [2.05, 4.69) is 14.7 Å². The van der Waals surface area contributed by atoms with Crippen LogP contribution in [0.4, 0.5) is 4.79 Å². The van der Waals surface area contributed by atoms with Gasteiger partial charge >= 0.3 is 6.16 Å². The minimum atomic E-state index is -0.890. The van der Waals surface area contributed by atoms with Crippen molar-refractivity contribution in [3.63, 3.8) is 0 Å². The van der Waals surface area contributed by atoms with Crippen LogP contribution in [0.15, 0.2) is 29.4 Å². The summed E-state index contributed by atoms with van der Waals surface area (Å²) in [5.74, 6) is 0.699. The van der Waals surface area contributed by atoms with E-state index in [-0.39, 0.29) is 11.8 Å². The quantitative estimate of drug-likeness (QED) is 0.360. The van der Waals surface area contributed by atoms with Crippen molar-refractivity contribution in [2.24, 2.45) is 5.16 Å². The largest absolute Gasteiger partial charge is 0.535 e. The SMILES string of the molecule is CCOC(=O)O/N=C(\Cl)c1ccc(OC)cc1. The highest BCUT2D eigenvalue weighted by Crippen LogP contribution is 2.13. The minimum absolute atomic E-state index is 0.0562. The van der Waals surface area contributed by atoms with Crippen LogP contribution >= 0.6 is 11.6 Å². The van der Waals surface area contributed by atoms with E-state index in [1.807, 2.05) is 0 Å². The van der Waals surface area contributed by atoms with Crippen molar-refractivity contribution in [3.8, 4) is 5.75 Å². The van der Waals surface area contributed by atoms with Gasteiger partial charge in [0.25, 0.3) is 0 Å². The molecule has 1 rings (SSSR count). The number of hydrogen-bond donors (Lipinski definition) is 0. The summed E-state index contributed by atoms with van der Waals surface area (Å²) in [5.41, 5.74) is 0.608. The molecule has 0 fully saturated rings. The maximum Gasteiger partial charge on any atom is 0.535 e. The molecule has 0 N–H and O–H groups in total. The Morgan fingerprint density at radius 3 is 2.53 bits per heavy atom. The lowest BCUT2D eigenvalue weighted by atomic mass is 10.2. The van der Waals surface area contributed by atoms with Gasteiger partial charge in [-0.3, -0.25) is 4.84 Å². The van der Waals surface area contributed by atoms with E-state index in [0.717, 1.165) is 0 Å². The van der Waals surface area contributed by atoms with E-state index in [9.17, 15) is 4.79 Å². The summed E-state index contributed by atoms with van der Waals surface area (Å²) in [4.78, 5) is 15.3. The monoisotopic (exact) mass is 257 g/mol. The number of carbonyl (C=O) groups is 1. The summed E-state index contributed by atoms with van der Waals surface area (Å²) < 4.78 is 9.51. The van der Waals surface area contributed by atoms with Crippen LogP contribution in [0, 0.1) is 0 Å². The molecule has 6 heteroatoms. The van der Waals surface area contributed by atoms with Crippen molar-refractivity contribution < 1.29 is 19.1 Å². The number of hydrogen-bond acceptors (Lipinski definition) is 5. The molecule has 0 bridgehead atoms. The Bertz CT molecular complexity index is 402. The molecule has 0 aliphatic rings. The van der Waals surface area contributed by atoms with Crippen molar-refractivity contribution in [2.45, 2.75) is 6.92 Å². The molecular formula is C11H12ClNO4. The van der Waals surface area contributed by atoms with E-state index in [4.69, 9.17) is 16.3 Å². The van der Waals surface area contributed by atoms with Gasteiger partial charge in [-0.15, -0.1) is 0 Å². The van der Waals surface area contributed by atoms with Crippen LogP contribution < -0.4 is 4.74 Å². The van der Waals surface area contributed by atoms with E-state index in [1.54, 1.807) is 38.3 Å². The maximum absolute atomic E-state index is 10.8. The Hall–Kier alpha value is -1.75. The van der Waals surface area contributed by atoms with Gasteiger partial charge in [-0.05, 0) is 31.2 Å². The van der Waals surface area contributed by atoms with E-state index >= 15 is 0 Å². The van der Waals surface area contributed by atoms with Gasteiger partial charge in [0.15, 0.2) is 5.17 Å². The number of halogens is 1. The molecule has 0 spiro atoms. The Morgan fingerprint density at radius 1 is 1.35 bits per heavy atom. The van der Waals surface area contributed by atoms with E-state index in [1.165, 1.54) is 0 Å². The molecular weight excluding hydrogens is 246 g/mol. The van der Waals surface area contributed by atoms with Crippen molar-refractivity contribution in [1.82, 2.24) is 0 Å². The summed E-state index contributed by atoms with van der Waals surface area (Å²) in [6.45, 7) is 1.88. The molecule has 92 valence electrons. The predicted molar refractivity (Wildman–Crippen MR) is 63.5 cm³/mol. The number of nitrogens with zero attached hydrogens (tertiary/aromatic N) is 1. The first-order chi connectivity index (χ1) is 8.17. The molecule has 0 amide bonds. The van der Waals surface area contributed by atoms with Crippen LogP contribution in [0.2, 0.25) is 0 Å². The summed E-state index contributed by atoms with van der Waals surface area (Å²) in [7, 11) is 1.56. The Labute approximate surface area is 104 Å². The van der Waals surface area contributed by atoms with Gasteiger partial charge in [0.2, 0.25) is 0 Å². The number of benzene rings is 1. The highest BCUT2D eigenvalue weighted by atomic mass is 35.5. The fourth-order valence-electron chi connectivity index (χ4n) is 1.00. The van der Waals surface area contributed by atoms with Crippen LogP contribution in [-0.2, 0) is 9.57 Å². The van der Waals surface area contributed by atoms with Crippen molar-refractivity contribution >= 4 is 22.9 Å². The van der Waals surface area contributed by atoms with Crippen LogP contribution in [0.25, 0.3) is 0 Å². The van der Waals surface area contributed by atoms with Gasteiger partial charge in [0.1, 0.15) is 5.75 Å². The van der Waals surface area contributed by atoms with E-state index < -0.39 is 6.16 Å². The van der Waals surface area contributed by atoms with Gasteiger partial charge in [-0.2, -0.15) is 0 Å². The number of oxime groups is 1. The van der Waals surface area contributed by atoms with Crippen molar-refractivity contribution in [2.75, 3.05) is 13.7 Å². The molecule has 0 aliphatic heterocycles. The second-order valence-electron chi connectivity index (χ2n) is 2.88. The van der Waals surface area contributed by atoms with Crippen LogP contribution in [0.1, 0.15) is 12.5 Å². The lowest BCUT2D eigenvalue weighted by molar-refractivity contribution is 0.0616. The van der Waals surface area contributed by atoms with Crippen LogP contribution in [0.3, 0.4) is 0 Å². The lowest BCUT2D eigenvalue weighted by Crippen LogP contribution is -2.04. The third kappa shape index (κ3) is 4.32. The predicted octanol–water partition coefficient (Wildman–Crippen LogP) is 2.77. The zero-order chi connectivity index (χ0) is 12.7. The zero-order valence-electron chi connectivity index (χ0n) is 9.47. The summed E-state index contributed by atoms with van der Waals surface area (Å²) >= 11 is 5.82. The van der Waals surface area contributed by atoms with Gasteiger partial charge in [0, 0.05) is 5.56 Å². The Morgan fingerprint density at radius 2 is 2.00 bits per heavy atom. The molecule has 0 aliphatic carbocycles. The molecule has 0 saturated carbocycles. The first kappa shape index (κ1) is 13.3. The molecule has 1 aromatic carbocycles. The van der Waals surface area contributed by atoms with E-state index in [0.29, 0.717) is 11.3 Å². The molecule has 0 unspecified atom stereocenters. The standard InChI is InChI=1S/C11H12ClNO4/c1-3-16-11(14)17-13-10(12)8-4-6-9(15-2)7-5-8/h4-7H,3H2,1-2H3/b13-10-. The van der Waals surface area contributed by atoms with Gasteiger partial charge in [-0.1, -0.05) is 16.8 Å². The number of carbonyl (C=O) groups excluding carboxylic acids is 1. The van der Waals surface area contributed by atoms with Crippen molar-refractivity contribution in [3.05, 3.63) is 29.8 Å². The normalized spacial score (nSPS) is 10.9. The first-order valence-corrected chi connectivity index (χ1v) is 5.27. The lowest BCUT2D eigenvalue weighted by Gasteiger charge is -2.01. The number of rotatable bonds is 4. The Kier molecular flexibility index (Phi) is 5.29. The summed E-state index contributed by atoms with van der Waals surface area (Å²) in [6.07, 6.45) is -0.890. The fraction of sp³-hybridized carbons (Fsp3) is 0.273. The van der Waals surface area contributed by atoms with Crippen LogP contribution in [0.5, 0.6) is 5.75 Å². The second-order valence-corrected chi connectivity index (χ2v) is 3.24. The molecule has 5 nitrogen and oxygen atoms in total. The zero-order valence-corrected chi connectivity index (χ0v) is 10.2. The van der Waals surface area contributed by atoms with Crippen LogP contribution in [-0.4, -0.2) is 25.0 Å². The highest BCUT2D eigenvalue weighted by Gasteiger charge is 2.05. The van der Waals surface area contributed by atoms with Crippen molar-refractivity contribution in [1.29, 1.82) is 0 Å². The molecule has 0 aromatic heterocycles. The average molecular weight is 258 g/mol. The fourth-order valence-corrected chi connectivity index (χ4v) is 1.16. The summed E-state index contributed by atoms with van der Waals surface area (Å²) in [5, 5.41) is 3.49. The molecule has 0 atom stereocenters. The summed E-state index contributed by atoms with van der Waals surface area (Å²) in [6, 6.07) is 6.83. The molecule has 0 radical (unpaired) electrons. The second kappa shape index (κ2) is 6.75. The average Bonchev–Trinajstić information content (AvgIpc) is 2.36.